The van der Waals surface area contributed by atoms with Gasteiger partial charge in [-0.1, -0.05) is 0 Å². The number of carbonyl (C=O) groups is 2. The minimum Gasteiger partial charge on any atom is -0.480 e. The van der Waals surface area contributed by atoms with Crippen molar-refractivity contribution in [3.05, 3.63) is 0 Å². The van der Waals surface area contributed by atoms with Crippen LogP contribution in [-0.4, -0.2) is 72.5 Å². The average molecular weight is 232 g/mol. The normalized spacial score (nSPS) is 19.1. The molecular weight excluding hydrogens is 216 g/mol. The van der Waals surface area contributed by atoms with Crippen molar-refractivity contribution < 1.29 is 24.5 Å². The number of hydrogen-bond donors (Lipinski definition) is 3. The van der Waals surface area contributed by atoms with Crippen LogP contribution in [0.4, 0.5) is 0 Å². The molecule has 3 N–H and O–H groups in total. The van der Waals surface area contributed by atoms with Crippen LogP contribution in [0.1, 0.15) is 0 Å². The molecule has 0 bridgehead atoms. The van der Waals surface area contributed by atoms with Crippen molar-refractivity contribution in [3.63, 3.8) is 0 Å². The van der Waals surface area contributed by atoms with Crippen LogP contribution in [0.3, 0.4) is 0 Å². The average Bonchev–Trinajstić information content (AvgIpc) is 2.27. The topological polar surface area (TPSA) is 99.1 Å². The maximum atomic E-state index is 11.4. The molecule has 0 spiro atoms. The van der Waals surface area contributed by atoms with Gasteiger partial charge in [-0.05, 0) is 0 Å². The van der Waals surface area contributed by atoms with Gasteiger partial charge in [-0.2, -0.15) is 0 Å². The molecule has 0 aromatic rings. The van der Waals surface area contributed by atoms with Crippen LogP contribution >= 0.6 is 0 Å². The van der Waals surface area contributed by atoms with Gasteiger partial charge >= 0.3 is 5.97 Å². The Morgan fingerprint density at radius 3 is 2.50 bits per heavy atom. The van der Waals surface area contributed by atoms with E-state index in [1.54, 1.807) is 0 Å². The van der Waals surface area contributed by atoms with Crippen molar-refractivity contribution in [2.75, 3.05) is 39.5 Å². The first-order valence-electron chi connectivity index (χ1n) is 5.06. The number of carbonyl (C=O) groups excluding carboxylic acids is 1. The summed E-state index contributed by atoms with van der Waals surface area (Å²) in [6.45, 7) is 2.00. The molecule has 1 amide bonds. The number of amides is 1. The highest BCUT2D eigenvalue weighted by molar-refractivity contribution is 5.84. The summed E-state index contributed by atoms with van der Waals surface area (Å²) in [5, 5.41) is 19.6. The number of hydrogen-bond acceptors (Lipinski definition) is 5. The SMILES string of the molecule is O=C(CN1CCOCC1)N[C@@H](CO)C(=O)O. The van der Waals surface area contributed by atoms with E-state index in [9.17, 15) is 9.59 Å². The summed E-state index contributed by atoms with van der Waals surface area (Å²) >= 11 is 0. The lowest BCUT2D eigenvalue weighted by atomic mass is 10.3. The highest BCUT2D eigenvalue weighted by atomic mass is 16.5. The molecule has 0 aliphatic carbocycles. The molecular formula is C9H16N2O5. The molecule has 7 heteroatoms. The maximum absolute atomic E-state index is 11.4. The number of nitrogens with one attached hydrogen (secondary N) is 1. The summed E-state index contributed by atoms with van der Waals surface area (Å²) in [5.74, 6) is -1.64. The number of carboxylic acids is 1. The molecule has 92 valence electrons. The Kier molecular flexibility index (Phi) is 5.17. The van der Waals surface area contributed by atoms with Gasteiger partial charge < -0.3 is 20.3 Å². The lowest BCUT2D eigenvalue weighted by molar-refractivity contribution is -0.143. The standard InChI is InChI=1S/C9H16N2O5/c12-6-7(9(14)15)10-8(13)5-11-1-3-16-4-2-11/h7,12H,1-6H2,(H,10,13)(H,14,15)/t7-/m0/s1. The number of nitrogens with zero attached hydrogens (tertiary/aromatic N) is 1. The highest BCUT2D eigenvalue weighted by Crippen LogP contribution is 1.96. The number of aliphatic hydroxyl groups is 1. The smallest absolute Gasteiger partial charge is 0.328 e. The van der Waals surface area contributed by atoms with Crippen LogP contribution in [0.5, 0.6) is 0 Å². The predicted octanol–water partition coefficient (Wildman–Crippen LogP) is -2.12. The first-order valence-corrected chi connectivity index (χ1v) is 5.06. The molecule has 0 saturated carbocycles. The Labute approximate surface area is 93.0 Å². The van der Waals surface area contributed by atoms with Crippen molar-refractivity contribution in [2.45, 2.75) is 6.04 Å². The third-order valence-electron chi connectivity index (χ3n) is 2.29. The molecule has 0 radical (unpaired) electrons. The summed E-state index contributed by atoms with van der Waals surface area (Å²) in [6, 6.07) is -1.23. The number of aliphatic hydroxyl groups excluding tert-OH is 1. The fraction of sp³-hybridized carbons (Fsp3) is 0.778. The molecule has 1 heterocycles. The van der Waals surface area contributed by atoms with Gasteiger partial charge in [0.2, 0.25) is 5.91 Å². The summed E-state index contributed by atoms with van der Waals surface area (Å²) in [6.07, 6.45) is 0. The minimum atomic E-state index is -1.24. The zero-order chi connectivity index (χ0) is 12.0. The first kappa shape index (κ1) is 12.9. The third-order valence-corrected chi connectivity index (χ3v) is 2.29. The van der Waals surface area contributed by atoms with Gasteiger partial charge in [0.05, 0.1) is 26.4 Å². The van der Waals surface area contributed by atoms with Crippen molar-refractivity contribution in [1.82, 2.24) is 10.2 Å². The van der Waals surface area contributed by atoms with E-state index in [-0.39, 0.29) is 6.54 Å². The summed E-state index contributed by atoms with van der Waals surface area (Å²) in [7, 11) is 0. The Morgan fingerprint density at radius 1 is 1.38 bits per heavy atom. The second-order valence-electron chi connectivity index (χ2n) is 3.53. The van der Waals surface area contributed by atoms with Crippen LogP contribution in [0, 0.1) is 0 Å². The Hall–Kier alpha value is -1.18. The second-order valence-corrected chi connectivity index (χ2v) is 3.53. The molecule has 0 aromatic carbocycles. The van der Waals surface area contributed by atoms with Gasteiger partial charge in [0.1, 0.15) is 6.04 Å². The maximum Gasteiger partial charge on any atom is 0.328 e. The molecule has 1 fully saturated rings. The number of ether oxygens (including phenoxy) is 1. The van der Waals surface area contributed by atoms with Gasteiger partial charge in [0.25, 0.3) is 0 Å². The summed E-state index contributed by atoms with van der Waals surface area (Å²) in [4.78, 5) is 23.8. The third kappa shape index (κ3) is 4.13. The van der Waals surface area contributed by atoms with Gasteiger partial charge in [-0.25, -0.2) is 4.79 Å². The van der Waals surface area contributed by atoms with Gasteiger partial charge in [0, 0.05) is 13.1 Å². The number of carboxylic acid groups (broad SMARTS) is 1. The van der Waals surface area contributed by atoms with E-state index in [4.69, 9.17) is 14.9 Å². The van der Waals surface area contributed by atoms with E-state index < -0.39 is 24.5 Å². The lowest BCUT2D eigenvalue weighted by Gasteiger charge is -2.26. The van der Waals surface area contributed by atoms with E-state index in [1.165, 1.54) is 0 Å². The van der Waals surface area contributed by atoms with Gasteiger partial charge in [-0.15, -0.1) is 0 Å². The zero-order valence-electron chi connectivity index (χ0n) is 8.89. The quantitative estimate of drug-likeness (QED) is 0.501. The molecule has 0 unspecified atom stereocenters. The molecule has 7 nitrogen and oxygen atoms in total. The fourth-order valence-corrected chi connectivity index (χ4v) is 1.39. The number of aliphatic carboxylic acids is 1. The molecule has 16 heavy (non-hydrogen) atoms. The molecule has 1 saturated heterocycles. The van der Waals surface area contributed by atoms with Crippen LogP contribution in [0.15, 0.2) is 0 Å². The fourth-order valence-electron chi connectivity index (χ4n) is 1.39. The summed E-state index contributed by atoms with van der Waals surface area (Å²) in [5.41, 5.74) is 0. The summed E-state index contributed by atoms with van der Waals surface area (Å²) < 4.78 is 5.11. The van der Waals surface area contributed by atoms with Crippen molar-refractivity contribution in [2.24, 2.45) is 0 Å². The van der Waals surface area contributed by atoms with E-state index in [0.717, 1.165) is 0 Å². The number of morpholine rings is 1. The molecule has 1 aliphatic rings. The monoisotopic (exact) mass is 232 g/mol. The largest absolute Gasteiger partial charge is 0.480 e. The minimum absolute atomic E-state index is 0.132. The van der Waals surface area contributed by atoms with Crippen LogP contribution in [-0.2, 0) is 14.3 Å². The lowest BCUT2D eigenvalue weighted by Crippen LogP contribution is -2.49. The van der Waals surface area contributed by atoms with Crippen LogP contribution in [0.2, 0.25) is 0 Å². The van der Waals surface area contributed by atoms with E-state index in [0.29, 0.717) is 26.3 Å². The predicted molar refractivity (Wildman–Crippen MR) is 53.9 cm³/mol. The van der Waals surface area contributed by atoms with Gasteiger partial charge in [-0.3, -0.25) is 9.69 Å². The second kappa shape index (κ2) is 6.41. The van der Waals surface area contributed by atoms with E-state index in [2.05, 4.69) is 5.32 Å². The van der Waals surface area contributed by atoms with Crippen molar-refractivity contribution in [3.8, 4) is 0 Å². The molecule has 1 aliphatic heterocycles. The van der Waals surface area contributed by atoms with Gasteiger partial charge in [0.15, 0.2) is 0 Å². The van der Waals surface area contributed by atoms with Crippen molar-refractivity contribution >= 4 is 11.9 Å². The van der Waals surface area contributed by atoms with E-state index >= 15 is 0 Å². The Bertz CT molecular complexity index is 252. The highest BCUT2D eigenvalue weighted by Gasteiger charge is 2.20. The Morgan fingerprint density at radius 2 is 2.00 bits per heavy atom. The van der Waals surface area contributed by atoms with Crippen LogP contribution < -0.4 is 5.32 Å². The van der Waals surface area contributed by atoms with E-state index in [1.807, 2.05) is 4.90 Å². The zero-order valence-corrected chi connectivity index (χ0v) is 8.89. The molecule has 1 atom stereocenters. The molecule has 1 rings (SSSR count). The molecule has 0 aromatic heterocycles. The van der Waals surface area contributed by atoms with Crippen LogP contribution in [0.25, 0.3) is 0 Å². The first-order chi connectivity index (χ1) is 7.63. The Balaban J connectivity index is 2.31. The number of rotatable bonds is 5. The van der Waals surface area contributed by atoms with Crippen molar-refractivity contribution in [1.29, 1.82) is 0 Å².